The van der Waals surface area contributed by atoms with E-state index in [1.54, 1.807) is 31.6 Å². The van der Waals surface area contributed by atoms with Crippen molar-refractivity contribution < 1.29 is 23.7 Å². The van der Waals surface area contributed by atoms with E-state index in [4.69, 9.17) is 18.9 Å². The van der Waals surface area contributed by atoms with Crippen molar-refractivity contribution in [2.24, 2.45) is 4.99 Å². The van der Waals surface area contributed by atoms with Crippen LogP contribution in [0.5, 0.6) is 17.2 Å². The standard InChI is InChI=1S/C33H31BrN2O6S/c1-5-40-25-15-11-10-14-23(25)30-29(32(38)41-6-2)20(3)35-33-36(30)31(37)28(43-33)17-22-16-26(39-4)27(18-24(22)34)42-19-21-12-8-7-9-13-21/h7-18,30H,5-6,19H2,1-4H3/b28-17-/t30-/m1/s1. The highest BCUT2D eigenvalue weighted by molar-refractivity contribution is 9.10. The molecule has 43 heavy (non-hydrogen) atoms. The van der Waals surface area contributed by atoms with Gasteiger partial charge in [0.1, 0.15) is 18.4 Å². The van der Waals surface area contributed by atoms with E-state index in [-0.39, 0.29) is 12.2 Å². The molecular weight excluding hydrogens is 632 g/mol. The number of halogens is 1. The number of methoxy groups -OCH3 is 1. The van der Waals surface area contributed by atoms with E-state index in [2.05, 4.69) is 20.9 Å². The average Bonchev–Trinajstić information content (AvgIpc) is 3.31. The number of hydrogen-bond acceptors (Lipinski definition) is 8. The van der Waals surface area contributed by atoms with Gasteiger partial charge in [-0.3, -0.25) is 9.36 Å². The lowest BCUT2D eigenvalue weighted by Crippen LogP contribution is -2.40. The second-order valence-corrected chi connectivity index (χ2v) is 11.4. The first-order chi connectivity index (χ1) is 20.9. The Morgan fingerprint density at radius 1 is 1.00 bits per heavy atom. The van der Waals surface area contributed by atoms with Gasteiger partial charge in [-0.1, -0.05) is 75.8 Å². The molecule has 4 aromatic rings. The molecule has 0 saturated heterocycles. The van der Waals surface area contributed by atoms with Crippen molar-refractivity contribution in [3.8, 4) is 17.2 Å². The van der Waals surface area contributed by atoms with Gasteiger partial charge in [0.2, 0.25) is 0 Å². The molecule has 5 rings (SSSR count). The first kappa shape index (κ1) is 30.3. The molecule has 1 aliphatic heterocycles. The van der Waals surface area contributed by atoms with Crippen LogP contribution < -0.4 is 29.1 Å². The summed E-state index contributed by atoms with van der Waals surface area (Å²) in [4.78, 5) is 32.5. The van der Waals surface area contributed by atoms with E-state index in [1.807, 2.05) is 73.7 Å². The molecule has 0 saturated carbocycles. The molecule has 0 unspecified atom stereocenters. The number of esters is 1. The number of para-hydroxylation sites is 1. The van der Waals surface area contributed by atoms with Gasteiger partial charge in [-0.15, -0.1) is 0 Å². The summed E-state index contributed by atoms with van der Waals surface area (Å²) in [7, 11) is 1.58. The molecule has 1 aromatic heterocycles. The SMILES string of the molecule is CCOC(=O)C1=C(C)N=c2s/c(=C\c3cc(OC)c(OCc4ccccc4)cc3Br)c(=O)n2[C@@H]1c1ccccc1OCC. The van der Waals surface area contributed by atoms with Crippen LogP contribution in [0.3, 0.4) is 0 Å². The second-order valence-electron chi connectivity index (χ2n) is 9.57. The quantitative estimate of drug-likeness (QED) is 0.207. The lowest BCUT2D eigenvalue weighted by Gasteiger charge is -2.26. The van der Waals surface area contributed by atoms with Gasteiger partial charge in [0.15, 0.2) is 16.3 Å². The Hall–Kier alpha value is -4.15. The van der Waals surface area contributed by atoms with Crippen LogP contribution in [0.1, 0.15) is 43.5 Å². The van der Waals surface area contributed by atoms with Crippen molar-refractivity contribution in [2.75, 3.05) is 20.3 Å². The predicted molar refractivity (Wildman–Crippen MR) is 169 cm³/mol. The van der Waals surface area contributed by atoms with E-state index >= 15 is 0 Å². The van der Waals surface area contributed by atoms with Crippen molar-refractivity contribution in [2.45, 2.75) is 33.4 Å². The molecular formula is C33H31BrN2O6S. The van der Waals surface area contributed by atoms with Crippen molar-refractivity contribution in [1.29, 1.82) is 0 Å². The molecule has 0 bridgehead atoms. The first-order valence-electron chi connectivity index (χ1n) is 13.8. The third-order valence-corrected chi connectivity index (χ3v) is 8.51. The van der Waals surface area contributed by atoms with Gasteiger partial charge in [-0.25, -0.2) is 9.79 Å². The third kappa shape index (κ3) is 6.30. The summed E-state index contributed by atoms with van der Waals surface area (Å²) in [6, 6.07) is 20.1. The summed E-state index contributed by atoms with van der Waals surface area (Å²) < 4.78 is 25.7. The zero-order valence-electron chi connectivity index (χ0n) is 24.3. The van der Waals surface area contributed by atoms with E-state index < -0.39 is 12.0 Å². The molecule has 8 nitrogen and oxygen atoms in total. The van der Waals surface area contributed by atoms with Gasteiger partial charge in [0, 0.05) is 10.0 Å². The Morgan fingerprint density at radius 2 is 1.74 bits per heavy atom. The van der Waals surface area contributed by atoms with Crippen LogP contribution in [-0.2, 0) is 16.1 Å². The van der Waals surface area contributed by atoms with E-state index in [1.165, 1.54) is 11.3 Å². The maximum Gasteiger partial charge on any atom is 0.338 e. The fourth-order valence-electron chi connectivity index (χ4n) is 4.89. The van der Waals surface area contributed by atoms with Crippen molar-refractivity contribution in [3.05, 3.63) is 119 Å². The summed E-state index contributed by atoms with van der Waals surface area (Å²) >= 11 is 4.89. The summed E-state index contributed by atoms with van der Waals surface area (Å²) in [5.41, 5.74) is 2.94. The number of benzene rings is 3. The lowest BCUT2D eigenvalue weighted by molar-refractivity contribution is -0.139. The highest BCUT2D eigenvalue weighted by atomic mass is 79.9. The van der Waals surface area contributed by atoms with Gasteiger partial charge >= 0.3 is 5.97 Å². The summed E-state index contributed by atoms with van der Waals surface area (Å²) in [5.74, 6) is 1.16. The first-order valence-corrected chi connectivity index (χ1v) is 15.4. The molecule has 3 aromatic carbocycles. The number of thiazole rings is 1. The van der Waals surface area contributed by atoms with Crippen LogP contribution in [0.4, 0.5) is 0 Å². The second kappa shape index (κ2) is 13.4. The number of fused-ring (bicyclic) bond motifs is 1. The summed E-state index contributed by atoms with van der Waals surface area (Å²) in [5, 5.41) is 0. The maximum atomic E-state index is 14.1. The number of ether oxygens (including phenoxy) is 4. The van der Waals surface area contributed by atoms with Crippen LogP contribution >= 0.6 is 27.3 Å². The molecule has 0 fully saturated rings. The fraction of sp³-hybridized carbons (Fsp3) is 0.242. The maximum absolute atomic E-state index is 14.1. The van der Waals surface area contributed by atoms with Crippen molar-refractivity contribution >= 4 is 39.3 Å². The predicted octanol–water partition coefficient (Wildman–Crippen LogP) is 5.55. The summed E-state index contributed by atoms with van der Waals surface area (Å²) in [6.07, 6.45) is 1.78. The van der Waals surface area contributed by atoms with Crippen LogP contribution in [-0.4, -0.2) is 30.9 Å². The average molecular weight is 664 g/mol. The van der Waals surface area contributed by atoms with Gasteiger partial charge < -0.3 is 18.9 Å². The molecule has 0 N–H and O–H groups in total. The minimum atomic E-state index is -0.771. The molecule has 0 aliphatic carbocycles. The zero-order chi connectivity index (χ0) is 30.5. The number of rotatable bonds is 10. The van der Waals surface area contributed by atoms with Gasteiger partial charge in [0.25, 0.3) is 5.56 Å². The molecule has 1 atom stereocenters. The lowest BCUT2D eigenvalue weighted by atomic mass is 9.95. The number of hydrogen-bond donors (Lipinski definition) is 0. The molecule has 1 aliphatic rings. The molecule has 0 amide bonds. The molecule has 10 heteroatoms. The van der Waals surface area contributed by atoms with Crippen LogP contribution in [0.15, 0.2) is 92.3 Å². The fourth-order valence-corrected chi connectivity index (χ4v) is 6.36. The Balaban J connectivity index is 1.62. The third-order valence-electron chi connectivity index (χ3n) is 6.84. The van der Waals surface area contributed by atoms with Gasteiger partial charge in [-0.2, -0.15) is 0 Å². The van der Waals surface area contributed by atoms with Crippen molar-refractivity contribution in [1.82, 2.24) is 4.57 Å². The number of carbonyl (C=O) groups excluding carboxylic acids is 1. The number of allylic oxidation sites excluding steroid dienone is 1. The normalized spacial score (nSPS) is 14.6. The van der Waals surface area contributed by atoms with E-state index in [9.17, 15) is 9.59 Å². The Labute approximate surface area is 261 Å². The highest BCUT2D eigenvalue weighted by Gasteiger charge is 2.35. The van der Waals surface area contributed by atoms with E-state index in [0.717, 1.165) is 15.6 Å². The molecule has 0 spiro atoms. The van der Waals surface area contributed by atoms with Crippen molar-refractivity contribution in [3.63, 3.8) is 0 Å². The Morgan fingerprint density at radius 3 is 2.47 bits per heavy atom. The Kier molecular flexibility index (Phi) is 9.47. The van der Waals surface area contributed by atoms with Crippen LogP contribution in [0.25, 0.3) is 6.08 Å². The van der Waals surface area contributed by atoms with Gasteiger partial charge in [-0.05, 0) is 56.2 Å². The van der Waals surface area contributed by atoms with Gasteiger partial charge in [0.05, 0.1) is 36.1 Å². The highest BCUT2D eigenvalue weighted by Crippen LogP contribution is 2.37. The minimum absolute atomic E-state index is 0.195. The Bertz CT molecular complexity index is 1860. The molecule has 2 heterocycles. The molecule has 0 radical (unpaired) electrons. The number of carbonyl (C=O) groups is 1. The summed E-state index contributed by atoms with van der Waals surface area (Å²) in [6.45, 7) is 6.40. The van der Waals surface area contributed by atoms with Crippen LogP contribution in [0.2, 0.25) is 0 Å². The number of aromatic nitrogens is 1. The van der Waals surface area contributed by atoms with Crippen LogP contribution in [0, 0.1) is 0 Å². The smallest absolute Gasteiger partial charge is 0.338 e. The number of nitrogens with zero attached hydrogens (tertiary/aromatic N) is 2. The van der Waals surface area contributed by atoms with E-state index in [0.29, 0.717) is 56.6 Å². The zero-order valence-corrected chi connectivity index (χ0v) is 26.7. The minimum Gasteiger partial charge on any atom is -0.494 e. The largest absolute Gasteiger partial charge is 0.494 e. The topological polar surface area (TPSA) is 88.4 Å². The monoisotopic (exact) mass is 662 g/mol. The molecule has 222 valence electrons.